The van der Waals surface area contributed by atoms with Gasteiger partial charge in [-0.1, -0.05) is 24.3 Å². The van der Waals surface area contributed by atoms with E-state index in [1.807, 2.05) is 24.3 Å². The number of likely N-dealkylation sites (tertiary alicyclic amines) is 1. The fourth-order valence-electron chi connectivity index (χ4n) is 5.74. The molecule has 0 aromatic heterocycles. The molecule has 0 spiro atoms. The average Bonchev–Trinajstić information content (AvgIpc) is 3.14. The summed E-state index contributed by atoms with van der Waals surface area (Å²) in [6.45, 7) is 1.76. The highest BCUT2D eigenvalue weighted by atomic mass is 16.6. The minimum absolute atomic E-state index is 0.0199. The minimum Gasteiger partial charge on any atom is -0.454 e. The molecule has 0 saturated carbocycles. The zero-order chi connectivity index (χ0) is 40.1. The quantitative estimate of drug-likeness (QED) is 0.262. The normalized spacial score (nSPS) is 23.8. The first-order chi connectivity index (χ1) is 25.5. The van der Waals surface area contributed by atoms with E-state index in [0.29, 0.717) is 5.56 Å². The van der Waals surface area contributed by atoms with E-state index in [1.54, 1.807) is 7.11 Å². The van der Waals surface area contributed by atoms with Crippen molar-refractivity contribution in [1.82, 2.24) is 24.5 Å². The third kappa shape index (κ3) is 13.1. The van der Waals surface area contributed by atoms with Gasteiger partial charge in [-0.3, -0.25) is 38.5 Å². The van der Waals surface area contributed by atoms with Crippen LogP contribution in [-0.4, -0.2) is 178 Å². The first-order valence-electron chi connectivity index (χ1n) is 17.5. The van der Waals surface area contributed by atoms with Gasteiger partial charge < -0.3 is 43.3 Å². The zero-order valence-corrected chi connectivity index (χ0v) is 31.9. The predicted octanol–water partition coefficient (Wildman–Crippen LogP) is -0.994. The molecule has 0 radical (unpaired) electrons. The lowest BCUT2D eigenvalue weighted by molar-refractivity contribution is -0.167. The second-order valence-corrected chi connectivity index (χ2v) is 13.4. The van der Waals surface area contributed by atoms with Gasteiger partial charge in [-0.15, -0.1) is 0 Å². The summed E-state index contributed by atoms with van der Waals surface area (Å²) in [5.74, 6) is -6.87. The Morgan fingerprint density at radius 1 is 0.648 bits per heavy atom. The van der Waals surface area contributed by atoms with Crippen molar-refractivity contribution in [2.45, 2.75) is 64.0 Å². The number of carbonyl (C=O) groups is 8. The third-order valence-corrected chi connectivity index (χ3v) is 9.15. The SMILES string of the molecule is COC1CCN(Cc2ccc(CC3C(=O)OC(C)C(=O)N(C)CC(=O)OCC(=O)N(C)CC(=O)OC(C)C(=O)N(C)CC(=O)OCC(=O)N3C)cc2)CC1. The number of carbonyl (C=O) groups excluding carboxylic acids is 8. The molecule has 3 atom stereocenters. The minimum atomic E-state index is -1.40. The molecule has 2 saturated heterocycles. The van der Waals surface area contributed by atoms with Crippen molar-refractivity contribution < 1.29 is 62.0 Å². The molecule has 18 nitrogen and oxygen atoms in total. The molecule has 1 aromatic carbocycles. The molecule has 18 heteroatoms. The molecule has 298 valence electrons. The van der Waals surface area contributed by atoms with Crippen LogP contribution in [0.15, 0.2) is 24.3 Å². The average molecular weight is 762 g/mol. The predicted molar refractivity (Wildman–Crippen MR) is 188 cm³/mol. The van der Waals surface area contributed by atoms with Crippen molar-refractivity contribution in [2.24, 2.45) is 0 Å². The molecule has 2 aliphatic heterocycles. The van der Waals surface area contributed by atoms with E-state index in [9.17, 15) is 38.4 Å². The molecule has 2 aliphatic rings. The second-order valence-electron chi connectivity index (χ2n) is 13.4. The van der Waals surface area contributed by atoms with Crippen LogP contribution in [0.4, 0.5) is 0 Å². The third-order valence-electron chi connectivity index (χ3n) is 9.15. The summed E-state index contributed by atoms with van der Waals surface area (Å²) in [5.41, 5.74) is 1.73. The fraction of sp³-hybridized carbons (Fsp3) is 0.611. The molecule has 0 aliphatic carbocycles. The summed E-state index contributed by atoms with van der Waals surface area (Å²) < 4.78 is 26.1. The summed E-state index contributed by atoms with van der Waals surface area (Å²) in [4.78, 5) is 109. The topological polar surface area (TPSA) is 199 Å². The van der Waals surface area contributed by atoms with Crippen LogP contribution in [0.25, 0.3) is 0 Å². The number of esters is 4. The smallest absolute Gasteiger partial charge is 0.329 e. The van der Waals surface area contributed by atoms with Crippen LogP contribution in [0.5, 0.6) is 0 Å². The highest BCUT2D eigenvalue weighted by Crippen LogP contribution is 2.18. The van der Waals surface area contributed by atoms with Crippen LogP contribution in [0.2, 0.25) is 0 Å². The number of rotatable bonds is 5. The number of hydrogen-bond acceptors (Lipinski definition) is 14. The number of hydrogen-bond donors (Lipinski definition) is 0. The molecule has 0 bridgehead atoms. The Bertz CT molecular complexity index is 1530. The van der Waals surface area contributed by atoms with Crippen molar-refractivity contribution in [3.05, 3.63) is 35.4 Å². The summed E-state index contributed by atoms with van der Waals surface area (Å²) in [7, 11) is 6.82. The van der Waals surface area contributed by atoms with Crippen molar-refractivity contribution in [3.63, 3.8) is 0 Å². The van der Waals surface area contributed by atoms with Gasteiger partial charge in [-0.05, 0) is 37.8 Å². The fourth-order valence-corrected chi connectivity index (χ4v) is 5.74. The van der Waals surface area contributed by atoms with Gasteiger partial charge in [0.2, 0.25) is 0 Å². The van der Waals surface area contributed by atoms with Gasteiger partial charge in [0.1, 0.15) is 25.7 Å². The van der Waals surface area contributed by atoms with Crippen LogP contribution >= 0.6 is 0 Å². The van der Waals surface area contributed by atoms with E-state index in [4.69, 9.17) is 23.7 Å². The highest BCUT2D eigenvalue weighted by Gasteiger charge is 2.33. The van der Waals surface area contributed by atoms with Crippen molar-refractivity contribution in [2.75, 3.05) is 81.2 Å². The van der Waals surface area contributed by atoms with Crippen molar-refractivity contribution in [3.8, 4) is 0 Å². The monoisotopic (exact) mass is 761 g/mol. The molecule has 3 rings (SSSR count). The Kier molecular flexibility index (Phi) is 16.3. The second kappa shape index (κ2) is 20.4. The van der Waals surface area contributed by atoms with Crippen molar-refractivity contribution in [1.29, 1.82) is 0 Å². The number of ether oxygens (including phenoxy) is 5. The summed E-state index contributed by atoms with van der Waals surface area (Å²) in [5, 5.41) is 0. The van der Waals surface area contributed by atoms with Gasteiger partial charge in [0.05, 0.1) is 6.10 Å². The Balaban J connectivity index is 1.79. The van der Waals surface area contributed by atoms with Gasteiger partial charge in [-0.2, -0.15) is 0 Å². The van der Waals surface area contributed by atoms with E-state index in [0.717, 1.165) is 57.6 Å². The molecule has 0 N–H and O–H groups in total. The molecule has 1 aromatic rings. The molecule has 3 unspecified atom stereocenters. The van der Waals surface area contributed by atoms with E-state index in [1.165, 1.54) is 42.0 Å². The van der Waals surface area contributed by atoms with Crippen LogP contribution in [0.3, 0.4) is 0 Å². The van der Waals surface area contributed by atoms with Gasteiger partial charge >= 0.3 is 23.9 Å². The Labute approximate surface area is 314 Å². The summed E-state index contributed by atoms with van der Waals surface area (Å²) in [6, 6.07) is 6.25. The standard InChI is InChI=1S/C36H51N5O13/c1-23-34(47)38(4)19-32(45)52-22-30(43)40(6)28(16-25-8-10-26(11-9-25)17-41-14-12-27(50-7)13-15-41)36(49)54-24(2)35(48)39(5)18-31(44)51-21-29(42)37(3)20-33(46)53-23/h8-11,23-24,27-28H,12-22H2,1-7H3. The number of methoxy groups -OCH3 is 1. The van der Waals surface area contributed by atoms with Gasteiger partial charge in [0.25, 0.3) is 23.6 Å². The highest BCUT2D eigenvalue weighted by molar-refractivity contribution is 5.91. The van der Waals surface area contributed by atoms with Crippen molar-refractivity contribution >= 4 is 47.5 Å². The van der Waals surface area contributed by atoms with E-state index in [-0.39, 0.29) is 12.5 Å². The lowest BCUT2D eigenvalue weighted by Crippen LogP contribution is -2.49. The van der Waals surface area contributed by atoms with Crippen LogP contribution in [-0.2, 0) is 75.0 Å². The number of cyclic esters (lactones) is 4. The Hall–Kier alpha value is -5.10. The first-order valence-corrected chi connectivity index (χ1v) is 17.5. The zero-order valence-electron chi connectivity index (χ0n) is 31.9. The van der Waals surface area contributed by atoms with E-state index < -0.39 is 98.6 Å². The summed E-state index contributed by atoms with van der Waals surface area (Å²) in [6.07, 6.45) is -0.622. The maximum Gasteiger partial charge on any atom is 0.329 e. The maximum absolute atomic E-state index is 13.6. The number of nitrogens with zero attached hydrogens (tertiary/aromatic N) is 5. The van der Waals surface area contributed by atoms with Crippen LogP contribution < -0.4 is 0 Å². The van der Waals surface area contributed by atoms with Gasteiger partial charge in [0.15, 0.2) is 25.4 Å². The Morgan fingerprint density at radius 2 is 1.13 bits per heavy atom. The number of likely N-dealkylation sites (N-methyl/N-ethyl adjacent to an activating group) is 4. The largest absolute Gasteiger partial charge is 0.454 e. The Morgan fingerprint density at radius 3 is 1.67 bits per heavy atom. The lowest BCUT2D eigenvalue weighted by Gasteiger charge is -2.31. The molecule has 4 amide bonds. The molecule has 54 heavy (non-hydrogen) atoms. The van der Waals surface area contributed by atoms with E-state index >= 15 is 0 Å². The maximum atomic E-state index is 13.6. The summed E-state index contributed by atoms with van der Waals surface area (Å²) >= 11 is 0. The number of benzene rings is 1. The number of amides is 4. The molecular formula is C36H51N5O13. The van der Waals surface area contributed by atoms with Crippen LogP contribution in [0, 0.1) is 0 Å². The van der Waals surface area contributed by atoms with Crippen LogP contribution in [0.1, 0.15) is 37.8 Å². The number of piperidine rings is 1. The first kappa shape index (κ1) is 43.3. The van der Waals surface area contributed by atoms with Gasteiger partial charge in [0, 0.05) is 61.4 Å². The molecular weight excluding hydrogens is 710 g/mol. The van der Waals surface area contributed by atoms with E-state index in [2.05, 4.69) is 4.90 Å². The molecule has 2 fully saturated rings. The molecule has 2 heterocycles. The lowest BCUT2D eigenvalue weighted by atomic mass is 10.0. The van der Waals surface area contributed by atoms with Gasteiger partial charge in [-0.25, -0.2) is 4.79 Å².